The molecule has 0 saturated carbocycles. The van der Waals surface area contributed by atoms with Crippen molar-refractivity contribution in [2.24, 2.45) is 0 Å². The van der Waals surface area contributed by atoms with Crippen LogP contribution in [0.3, 0.4) is 0 Å². The third-order valence-electron chi connectivity index (χ3n) is 4.54. The molecule has 9 nitrogen and oxygen atoms in total. The van der Waals surface area contributed by atoms with E-state index in [-0.39, 0.29) is 36.2 Å². The van der Waals surface area contributed by atoms with Crippen LogP contribution in [0.1, 0.15) is 23.1 Å². The average molecular weight is 426 g/mol. The lowest BCUT2D eigenvalue weighted by atomic mass is 10.2. The highest BCUT2D eigenvalue weighted by Crippen LogP contribution is 2.17. The van der Waals surface area contributed by atoms with Gasteiger partial charge in [-0.3, -0.25) is 9.59 Å². The Balaban J connectivity index is 1.69. The van der Waals surface area contributed by atoms with Crippen LogP contribution in [0.2, 0.25) is 5.02 Å². The SMILES string of the molecule is Cc1c(C(=O)NC(C)C(=O)N2CCS(=O)(=O)CC2)nnn1-c1cccc(Cl)c1. The van der Waals surface area contributed by atoms with Crippen molar-refractivity contribution in [1.29, 1.82) is 0 Å². The van der Waals surface area contributed by atoms with Crippen molar-refractivity contribution in [2.45, 2.75) is 19.9 Å². The molecule has 1 aliphatic heterocycles. The second kappa shape index (κ2) is 7.88. The topological polar surface area (TPSA) is 114 Å². The Morgan fingerprint density at radius 1 is 1.25 bits per heavy atom. The van der Waals surface area contributed by atoms with E-state index in [1.54, 1.807) is 38.1 Å². The monoisotopic (exact) mass is 425 g/mol. The fourth-order valence-corrected chi connectivity index (χ4v) is 4.31. The van der Waals surface area contributed by atoms with Gasteiger partial charge in [-0.1, -0.05) is 22.9 Å². The summed E-state index contributed by atoms with van der Waals surface area (Å²) in [5.74, 6) is -0.988. The highest BCUT2D eigenvalue weighted by atomic mass is 35.5. The minimum absolute atomic E-state index is 0.0630. The van der Waals surface area contributed by atoms with E-state index in [4.69, 9.17) is 11.6 Å². The molecular formula is C17H20ClN5O4S. The van der Waals surface area contributed by atoms with Crippen LogP contribution in [-0.4, -0.2) is 70.8 Å². The Morgan fingerprint density at radius 3 is 2.57 bits per heavy atom. The first-order valence-corrected chi connectivity index (χ1v) is 10.9. The van der Waals surface area contributed by atoms with Crippen LogP contribution in [0, 0.1) is 6.92 Å². The minimum atomic E-state index is -3.08. The van der Waals surface area contributed by atoms with E-state index in [0.29, 0.717) is 16.4 Å². The molecule has 2 amide bonds. The van der Waals surface area contributed by atoms with Gasteiger partial charge in [0.05, 0.1) is 22.9 Å². The third-order valence-corrected chi connectivity index (χ3v) is 6.38. The molecule has 1 aliphatic rings. The van der Waals surface area contributed by atoms with Crippen molar-refractivity contribution >= 4 is 33.3 Å². The number of hydrogen-bond donors (Lipinski definition) is 1. The van der Waals surface area contributed by atoms with Crippen LogP contribution in [-0.2, 0) is 14.6 Å². The van der Waals surface area contributed by atoms with Gasteiger partial charge in [0.2, 0.25) is 5.91 Å². The van der Waals surface area contributed by atoms with Crippen LogP contribution < -0.4 is 5.32 Å². The van der Waals surface area contributed by atoms with Gasteiger partial charge in [-0.15, -0.1) is 5.10 Å². The van der Waals surface area contributed by atoms with Crippen molar-refractivity contribution in [3.63, 3.8) is 0 Å². The Labute approximate surface area is 167 Å². The van der Waals surface area contributed by atoms with E-state index in [1.165, 1.54) is 9.58 Å². The van der Waals surface area contributed by atoms with Crippen LogP contribution in [0.4, 0.5) is 0 Å². The number of halogens is 1. The molecule has 0 spiro atoms. The summed E-state index contributed by atoms with van der Waals surface area (Å²) >= 11 is 5.99. The van der Waals surface area contributed by atoms with E-state index in [9.17, 15) is 18.0 Å². The number of aromatic nitrogens is 3. The molecular weight excluding hydrogens is 406 g/mol. The predicted octanol–water partition coefficient (Wildman–Crippen LogP) is 0.604. The first kappa shape index (κ1) is 20.3. The summed E-state index contributed by atoms with van der Waals surface area (Å²) in [5.41, 5.74) is 1.26. The normalized spacial score (nSPS) is 17.2. The fourth-order valence-electron chi connectivity index (χ4n) is 2.93. The average Bonchev–Trinajstić information content (AvgIpc) is 3.02. The Bertz CT molecular complexity index is 1010. The zero-order chi connectivity index (χ0) is 20.5. The second-order valence-electron chi connectivity index (χ2n) is 6.59. The molecule has 1 fully saturated rings. The lowest BCUT2D eigenvalue weighted by molar-refractivity contribution is -0.132. The number of carbonyl (C=O) groups is 2. The van der Waals surface area contributed by atoms with Crippen LogP contribution in [0.5, 0.6) is 0 Å². The number of nitrogens with zero attached hydrogens (tertiary/aromatic N) is 4. The molecule has 2 heterocycles. The summed E-state index contributed by atoms with van der Waals surface area (Å²) in [6.45, 7) is 3.51. The maximum atomic E-state index is 12.6. The smallest absolute Gasteiger partial charge is 0.274 e. The number of carbonyl (C=O) groups excluding carboxylic acids is 2. The van der Waals surface area contributed by atoms with Crippen molar-refractivity contribution < 1.29 is 18.0 Å². The zero-order valence-electron chi connectivity index (χ0n) is 15.4. The molecule has 3 rings (SSSR count). The third kappa shape index (κ3) is 4.33. The number of amides is 2. The highest BCUT2D eigenvalue weighted by molar-refractivity contribution is 7.91. The maximum absolute atomic E-state index is 12.6. The Hall–Kier alpha value is -2.46. The lowest BCUT2D eigenvalue weighted by Gasteiger charge is -2.29. The first-order chi connectivity index (χ1) is 13.2. The van der Waals surface area contributed by atoms with Gasteiger partial charge in [0, 0.05) is 18.1 Å². The summed E-state index contributed by atoms with van der Waals surface area (Å²) in [7, 11) is -3.08. The van der Waals surface area contributed by atoms with E-state index in [2.05, 4.69) is 15.6 Å². The zero-order valence-corrected chi connectivity index (χ0v) is 17.0. The standard InChI is InChI=1S/C17H20ClN5O4S/c1-11(17(25)22-6-8-28(26,27)9-7-22)19-16(24)15-12(2)23(21-20-15)14-5-3-4-13(18)10-14/h3-5,10-11H,6-9H2,1-2H3,(H,19,24). The van der Waals surface area contributed by atoms with Crippen LogP contribution in [0.15, 0.2) is 24.3 Å². The molecule has 1 aromatic carbocycles. The Kier molecular flexibility index (Phi) is 5.71. The van der Waals surface area contributed by atoms with E-state index in [0.717, 1.165) is 0 Å². The van der Waals surface area contributed by atoms with Gasteiger partial charge in [0.1, 0.15) is 6.04 Å². The molecule has 150 valence electrons. The maximum Gasteiger partial charge on any atom is 0.274 e. The van der Waals surface area contributed by atoms with Crippen LogP contribution >= 0.6 is 11.6 Å². The molecule has 1 aromatic heterocycles. The molecule has 1 N–H and O–H groups in total. The number of benzene rings is 1. The summed E-state index contributed by atoms with van der Waals surface area (Å²) < 4.78 is 24.5. The fraction of sp³-hybridized carbons (Fsp3) is 0.412. The van der Waals surface area contributed by atoms with Gasteiger partial charge in [-0.05, 0) is 32.0 Å². The van der Waals surface area contributed by atoms with Crippen molar-refractivity contribution in [3.8, 4) is 5.69 Å². The van der Waals surface area contributed by atoms with Gasteiger partial charge in [-0.2, -0.15) is 0 Å². The van der Waals surface area contributed by atoms with Gasteiger partial charge in [0.25, 0.3) is 5.91 Å². The summed E-state index contributed by atoms with van der Waals surface area (Å²) in [5, 5.41) is 11.0. The number of nitrogens with one attached hydrogen (secondary N) is 1. The number of sulfone groups is 1. The van der Waals surface area contributed by atoms with Crippen LogP contribution in [0.25, 0.3) is 5.69 Å². The quantitative estimate of drug-likeness (QED) is 0.767. The van der Waals surface area contributed by atoms with Crippen molar-refractivity contribution in [3.05, 3.63) is 40.7 Å². The number of hydrogen-bond acceptors (Lipinski definition) is 6. The van der Waals surface area contributed by atoms with Crippen molar-refractivity contribution in [1.82, 2.24) is 25.2 Å². The largest absolute Gasteiger partial charge is 0.339 e. The molecule has 1 saturated heterocycles. The molecule has 0 aliphatic carbocycles. The predicted molar refractivity (Wildman–Crippen MR) is 103 cm³/mol. The van der Waals surface area contributed by atoms with Crippen molar-refractivity contribution in [2.75, 3.05) is 24.6 Å². The molecule has 1 unspecified atom stereocenters. The molecule has 11 heteroatoms. The minimum Gasteiger partial charge on any atom is -0.339 e. The molecule has 0 bridgehead atoms. The molecule has 2 aromatic rings. The molecule has 28 heavy (non-hydrogen) atoms. The number of rotatable bonds is 4. The van der Waals surface area contributed by atoms with Gasteiger partial charge in [-0.25, -0.2) is 13.1 Å². The van der Waals surface area contributed by atoms with Gasteiger partial charge >= 0.3 is 0 Å². The lowest BCUT2D eigenvalue weighted by Crippen LogP contribution is -2.51. The Morgan fingerprint density at radius 2 is 1.93 bits per heavy atom. The molecule has 1 atom stereocenters. The second-order valence-corrected chi connectivity index (χ2v) is 9.33. The van der Waals surface area contributed by atoms with E-state index >= 15 is 0 Å². The van der Waals surface area contributed by atoms with Gasteiger partial charge < -0.3 is 10.2 Å². The van der Waals surface area contributed by atoms with E-state index in [1.807, 2.05) is 0 Å². The summed E-state index contributed by atoms with van der Waals surface area (Å²) in [6.07, 6.45) is 0. The van der Waals surface area contributed by atoms with Gasteiger partial charge in [0.15, 0.2) is 15.5 Å². The molecule has 0 radical (unpaired) electrons. The highest BCUT2D eigenvalue weighted by Gasteiger charge is 2.29. The first-order valence-electron chi connectivity index (χ1n) is 8.66. The summed E-state index contributed by atoms with van der Waals surface area (Å²) in [6, 6.07) is 6.15. The van der Waals surface area contributed by atoms with E-state index < -0.39 is 21.8 Å². The summed E-state index contributed by atoms with van der Waals surface area (Å²) in [4.78, 5) is 26.5.